The van der Waals surface area contributed by atoms with Crippen LogP contribution in [0.3, 0.4) is 0 Å². The van der Waals surface area contributed by atoms with Crippen molar-refractivity contribution in [3.8, 4) is 23.0 Å². The molecule has 28 heavy (non-hydrogen) atoms. The second kappa shape index (κ2) is 8.05. The third kappa shape index (κ3) is 4.35. The zero-order valence-corrected chi connectivity index (χ0v) is 14.5. The number of phenols is 3. The largest absolute Gasteiger partial charge is 0.508 e. The molecule has 0 amide bonds. The van der Waals surface area contributed by atoms with Crippen LogP contribution in [0.4, 0.5) is 0 Å². The Morgan fingerprint density at radius 3 is 2.18 bits per heavy atom. The molecule has 0 radical (unpaired) electrons. The number of benzene rings is 2. The van der Waals surface area contributed by atoms with Crippen LogP contribution < -0.4 is 4.74 Å². The molecular formula is C19H20O9. The van der Waals surface area contributed by atoms with E-state index in [2.05, 4.69) is 0 Å². The molecule has 1 aliphatic rings. The lowest BCUT2D eigenvalue weighted by atomic mass is 10.0. The first-order valence-electron chi connectivity index (χ1n) is 8.33. The van der Waals surface area contributed by atoms with Crippen LogP contribution in [0.1, 0.15) is 11.1 Å². The number of aliphatic hydroxyl groups is 4. The molecule has 0 spiro atoms. The third-order valence-corrected chi connectivity index (χ3v) is 4.18. The normalized spacial score (nSPS) is 27.8. The van der Waals surface area contributed by atoms with E-state index in [9.17, 15) is 35.7 Å². The molecule has 0 aliphatic carbocycles. The first-order valence-corrected chi connectivity index (χ1v) is 8.33. The summed E-state index contributed by atoms with van der Waals surface area (Å²) in [6.45, 7) is 0. The van der Waals surface area contributed by atoms with Gasteiger partial charge >= 0.3 is 0 Å². The average molecular weight is 392 g/mol. The standard InChI is InChI=1S/C19H20O9/c20-11-5-10(2-1-9-3-4-13(21)14(22)7-9)6-12(8-11)27-19-17(25)15(23)16(24)18(26)28-19/h1-8,15-26H. The van der Waals surface area contributed by atoms with Crippen molar-refractivity contribution in [3.63, 3.8) is 0 Å². The Balaban J connectivity index is 1.77. The van der Waals surface area contributed by atoms with Gasteiger partial charge in [-0.1, -0.05) is 18.2 Å². The Bertz CT molecular complexity index is 866. The highest BCUT2D eigenvalue weighted by Gasteiger charge is 2.44. The van der Waals surface area contributed by atoms with Crippen molar-refractivity contribution in [1.82, 2.24) is 0 Å². The second-order valence-electron chi connectivity index (χ2n) is 6.33. The molecule has 9 nitrogen and oxygen atoms in total. The van der Waals surface area contributed by atoms with E-state index in [0.29, 0.717) is 11.1 Å². The van der Waals surface area contributed by atoms with Crippen LogP contribution in [0.25, 0.3) is 12.2 Å². The molecule has 1 heterocycles. The maximum atomic E-state index is 9.93. The minimum Gasteiger partial charge on any atom is -0.508 e. The van der Waals surface area contributed by atoms with Gasteiger partial charge < -0.3 is 45.2 Å². The molecule has 2 aromatic carbocycles. The van der Waals surface area contributed by atoms with Crippen LogP contribution >= 0.6 is 0 Å². The summed E-state index contributed by atoms with van der Waals surface area (Å²) in [7, 11) is 0. The Morgan fingerprint density at radius 2 is 1.46 bits per heavy atom. The summed E-state index contributed by atoms with van der Waals surface area (Å²) in [5, 5.41) is 67.4. The summed E-state index contributed by atoms with van der Waals surface area (Å²) in [6, 6.07) is 8.42. The fourth-order valence-corrected chi connectivity index (χ4v) is 2.67. The average Bonchev–Trinajstić information content (AvgIpc) is 2.65. The molecular weight excluding hydrogens is 372 g/mol. The monoisotopic (exact) mass is 392 g/mol. The number of hydrogen-bond donors (Lipinski definition) is 7. The maximum Gasteiger partial charge on any atom is 0.231 e. The first kappa shape index (κ1) is 19.9. The molecule has 5 unspecified atom stereocenters. The van der Waals surface area contributed by atoms with Crippen molar-refractivity contribution in [2.75, 3.05) is 0 Å². The number of hydrogen-bond acceptors (Lipinski definition) is 9. The SMILES string of the molecule is Oc1cc(C=Cc2ccc(O)c(O)c2)cc(OC2OC(O)C(O)C(O)C2O)c1. The van der Waals surface area contributed by atoms with Crippen LogP contribution in [-0.2, 0) is 4.74 Å². The van der Waals surface area contributed by atoms with Gasteiger partial charge in [0.1, 0.15) is 29.8 Å². The smallest absolute Gasteiger partial charge is 0.231 e. The van der Waals surface area contributed by atoms with Crippen molar-refractivity contribution >= 4 is 12.2 Å². The predicted molar refractivity (Wildman–Crippen MR) is 96.3 cm³/mol. The molecule has 150 valence electrons. The van der Waals surface area contributed by atoms with Crippen LogP contribution in [0.2, 0.25) is 0 Å². The molecule has 1 fully saturated rings. The second-order valence-corrected chi connectivity index (χ2v) is 6.33. The third-order valence-electron chi connectivity index (χ3n) is 4.18. The van der Waals surface area contributed by atoms with Crippen LogP contribution in [0.15, 0.2) is 36.4 Å². The number of aliphatic hydroxyl groups excluding tert-OH is 4. The molecule has 2 aromatic rings. The van der Waals surface area contributed by atoms with Crippen molar-refractivity contribution < 1.29 is 45.2 Å². The predicted octanol–water partition coefficient (Wildman–Crippen LogP) is 0.110. The van der Waals surface area contributed by atoms with E-state index in [-0.39, 0.29) is 23.0 Å². The number of rotatable bonds is 4. The fourth-order valence-electron chi connectivity index (χ4n) is 2.67. The van der Waals surface area contributed by atoms with Gasteiger partial charge in [-0.3, -0.25) is 0 Å². The van der Waals surface area contributed by atoms with E-state index < -0.39 is 30.9 Å². The minimum atomic E-state index is -1.75. The molecule has 1 saturated heterocycles. The summed E-state index contributed by atoms with van der Waals surface area (Å²) in [6.07, 6.45) is -4.98. The van der Waals surface area contributed by atoms with Gasteiger partial charge in [-0.05, 0) is 35.4 Å². The first-order chi connectivity index (χ1) is 13.2. The molecule has 0 saturated carbocycles. The van der Waals surface area contributed by atoms with Gasteiger partial charge in [0.15, 0.2) is 17.8 Å². The van der Waals surface area contributed by atoms with Gasteiger partial charge in [0, 0.05) is 6.07 Å². The summed E-state index contributed by atoms with van der Waals surface area (Å²) in [5.74, 6) is -0.597. The summed E-state index contributed by atoms with van der Waals surface area (Å²) >= 11 is 0. The highest BCUT2D eigenvalue weighted by Crippen LogP contribution is 2.29. The van der Waals surface area contributed by atoms with E-state index in [4.69, 9.17) is 9.47 Å². The minimum absolute atomic E-state index is 0.0769. The summed E-state index contributed by atoms with van der Waals surface area (Å²) in [4.78, 5) is 0. The maximum absolute atomic E-state index is 9.93. The van der Waals surface area contributed by atoms with Crippen LogP contribution in [0, 0.1) is 0 Å². The number of ether oxygens (including phenoxy) is 2. The van der Waals surface area contributed by atoms with Gasteiger partial charge in [0.05, 0.1) is 0 Å². The van der Waals surface area contributed by atoms with Gasteiger partial charge in [0.2, 0.25) is 6.29 Å². The van der Waals surface area contributed by atoms with Gasteiger partial charge in [-0.2, -0.15) is 0 Å². The Labute approximate surface area is 159 Å². The Morgan fingerprint density at radius 1 is 0.750 bits per heavy atom. The lowest BCUT2D eigenvalue weighted by molar-refractivity contribution is -0.321. The van der Waals surface area contributed by atoms with Crippen molar-refractivity contribution in [2.24, 2.45) is 0 Å². The van der Waals surface area contributed by atoms with E-state index >= 15 is 0 Å². The highest BCUT2D eigenvalue weighted by molar-refractivity contribution is 5.72. The van der Waals surface area contributed by atoms with Gasteiger partial charge in [-0.15, -0.1) is 0 Å². The van der Waals surface area contributed by atoms with Gasteiger partial charge in [-0.25, -0.2) is 0 Å². The number of aromatic hydroxyl groups is 3. The van der Waals surface area contributed by atoms with Crippen molar-refractivity contribution in [2.45, 2.75) is 30.9 Å². The van der Waals surface area contributed by atoms with Crippen LogP contribution in [0.5, 0.6) is 23.0 Å². The molecule has 0 bridgehead atoms. The fraction of sp³-hybridized carbons (Fsp3) is 0.263. The van der Waals surface area contributed by atoms with E-state index in [0.717, 1.165) is 0 Å². The zero-order chi connectivity index (χ0) is 20.4. The molecule has 0 aromatic heterocycles. The van der Waals surface area contributed by atoms with Crippen molar-refractivity contribution in [1.29, 1.82) is 0 Å². The Kier molecular flexibility index (Phi) is 5.73. The topological polar surface area (TPSA) is 160 Å². The Hall–Kier alpha value is -2.82. The molecule has 5 atom stereocenters. The quantitative estimate of drug-likeness (QED) is 0.283. The lowest BCUT2D eigenvalue weighted by Gasteiger charge is -2.37. The van der Waals surface area contributed by atoms with E-state index in [1.807, 2.05) is 0 Å². The van der Waals surface area contributed by atoms with Crippen LogP contribution in [-0.4, -0.2) is 66.6 Å². The van der Waals surface area contributed by atoms with E-state index in [1.54, 1.807) is 18.2 Å². The summed E-state index contributed by atoms with van der Waals surface area (Å²) < 4.78 is 10.3. The molecule has 9 heteroatoms. The zero-order valence-electron chi connectivity index (χ0n) is 14.5. The molecule has 1 aliphatic heterocycles. The summed E-state index contributed by atoms with van der Waals surface area (Å²) in [5.41, 5.74) is 1.08. The molecule has 3 rings (SSSR count). The lowest BCUT2D eigenvalue weighted by Crippen LogP contribution is -2.59. The highest BCUT2D eigenvalue weighted by atomic mass is 16.7. The molecule has 7 N–H and O–H groups in total. The van der Waals surface area contributed by atoms with E-state index in [1.165, 1.54) is 30.3 Å². The number of phenolic OH excluding ortho intramolecular Hbond substituents is 3. The van der Waals surface area contributed by atoms with Crippen molar-refractivity contribution in [3.05, 3.63) is 47.5 Å². The van der Waals surface area contributed by atoms with Gasteiger partial charge in [0.25, 0.3) is 0 Å².